The van der Waals surface area contributed by atoms with E-state index in [4.69, 9.17) is 9.29 Å². The fourth-order valence-corrected chi connectivity index (χ4v) is 8.34. The third kappa shape index (κ3) is 5.41. The molecule has 196 valence electrons. The SMILES string of the molecule is CC1C[C@H]2[C@@H]3CC(F)C4=CC(=O)C=C[C@]4(C)[C@H]3C(O)C[C@]2(C)[C@H]1C(=O)COC(=O)CCS(=O)(=O)O.[KH]. The van der Waals surface area contributed by atoms with Crippen molar-refractivity contribution in [3.63, 3.8) is 0 Å². The van der Waals surface area contributed by atoms with E-state index in [0.29, 0.717) is 18.4 Å². The van der Waals surface area contributed by atoms with Crippen LogP contribution < -0.4 is 0 Å². The molecule has 3 saturated carbocycles. The summed E-state index contributed by atoms with van der Waals surface area (Å²) in [6.07, 6.45) is 3.05. The molecule has 0 aliphatic heterocycles. The molecule has 0 aromatic rings. The van der Waals surface area contributed by atoms with Gasteiger partial charge in [-0.05, 0) is 60.2 Å². The summed E-state index contributed by atoms with van der Waals surface area (Å²) in [6.45, 7) is 5.25. The van der Waals surface area contributed by atoms with Gasteiger partial charge in [-0.3, -0.25) is 18.9 Å². The van der Waals surface area contributed by atoms with E-state index in [1.807, 2.05) is 20.8 Å². The summed E-state index contributed by atoms with van der Waals surface area (Å²) in [5, 5.41) is 11.4. The number of carbonyl (C=O) groups excluding carboxylic acids is 3. The molecule has 0 bridgehead atoms. The van der Waals surface area contributed by atoms with Gasteiger partial charge in [-0.1, -0.05) is 26.8 Å². The molecule has 3 fully saturated rings. The number of aliphatic hydroxyl groups excluding tert-OH is 1. The van der Waals surface area contributed by atoms with E-state index >= 15 is 4.39 Å². The summed E-state index contributed by atoms with van der Waals surface area (Å²) in [5.41, 5.74) is -0.974. The number of fused-ring (bicyclic) bond motifs is 5. The molecule has 0 aromatic heterocycles. The van der Waals surface area contributed by atoms with Gasteiger partial charge >= 0.3 is 57.4 Å². The fraction of sp³-hybridized carbons (Fsp3) is 0.720. The zero-order valence-corrected chi connectivity index (χ0v) is 21.0. The molecule has 0 saturated heterocycles. The van der Waals surface area contributed by atoms with Crippen LogP contribution in [0.1, 0.15) is 46.5 Å². The first-order valence-corrected chi connectivity index (χ1v) is 13.7. The van der Waals surface area contributed by atoms with E-state index < -0.39 is 63.9 Å². The number of alkyl halides is 1. The number of Topliss-reactive ketones (excluding diaryl/α,β-unsaturated/α-hetero) is 1. The van der Waals surface area contributed by atoms with Gasteiger partial charge in [0.2, 0.25) is 0 Å². The molecule has 0 spiro atoms. The van der Waals surface area contributed by atoms with Crippen LogP contribution in [0, 0.1) is 40.4 Å². The predicted octanol–water partition coefficient (Wildman–Crippen LogP) is 1.82. The van der Waals surface area contributed by atoms with Crippen molar-refractivity contribution in [1.29, 1.82) is 0 Å². The molecule has 11 heteroatoms. The number of hydrogen-bond acceptors (Lipinski definition) is 7. The topological polar surface area (TPSA) is 135 Å². The second-order valence-corrected chi connectivity index (χ2v) is 12.8. The normalized spacial score (nSPS) is 41.3. The van der Waals surface area contributed by atoms with Gasteiger partial charge in [0, 0.05) is 17.3 Å². The Hall–Kier alpha value is -0.274. The summed E-state index contributed by atoms with van der Waals surface area (Å²) >= 11 is 0. The van der Waals surface area contributed by atoms with Gasteiger partial charge in [0.25, 0.3) is 10.1 Å². The maximum absolute atomic E-state index is 15.4. The Balaban J connectivity index is 0.00000361. The van der Waals surface area contributed by atoms with Crippen LogP contribution in [0.5, 0.6) is 0 Å². The Morgan fingerprint density at radius 3 is 2.56 bits per heavy atom. The van der Waals surface area contributed by atoms with Gasteiger partial charge in [-0.2, -0.15) is 8.42 Å². The molecule has 0 amide bonds. The Labute approximate surface area is 253 Å². The summed E-state index contributed by atoms with van der Waals surface area (Å²) < 4.78 is 50.8. The summed E-state index contributed by atoms with van der Waals surface area (Å²) in [5.74, 6) is -3.32. The second kappa shape index (κ2) is 10.7. The summed E-state index contributed by atoms with van der Waals surface area (Å²) in [6, 6.07) is 0. The van der Waals surface area contributed by atoms with Crippen molar-refractivity contribution in [2.24, 2.45) is 40.4 Å². The molecular weight excluding hydrogens is 518 g/mol. The first kappa shape index (κ1) is 30.3. The Kier molecular flexibility index (Phi) is 9.01. The van der Waals surface area contributed by atoms with Crippen molar-refractivity contribution in [3.8, 4) is 0 Å². The predicted molar refractivity (Wildman–Crippen MR) is 130 cm³/mol. The third-order valence-corrected chi connectivity index (χ3v) is 9.82. The number of halogens is 1. The van der Waals surface area contributed by atoms with Crippen molar-refractivity contribution < 1.29 is 41.6 Å². The first-order valence-electron chi connectivity index (χ1n) is 12.1. The molecule has 4 aliphatic carbocycles. The van der Waals surface area contributed by atoms with Crippen molar-refractivity contribution in [2.45, 2.75) is 58.7 Å². The molecule has 2 N–H and O–H groups in total. The van der Waals surface area contributed by atoms with Gasteiger partial charge in [0.1, 0.15) is 12.8 Å². The van der Waals surface area contributed by atoms with Gasteiger partial charge in [-0.25, -0.2) is 4.39 Å². The fourth-order valence-electron chi connectivity index (χ4n) is 7.91. The molecule has 0 radical (unpaired) electrons. The van der Waals surface area contributed by atoms with Gasteiger partial charge in [-0.15, -0.1) is 0 Å². The molecule has 8 nitrogen and oxygen atoms in total. The number of carbonyl (C=O) groups is 3. The van der Waals surface area contributed by atoms with Gasteiger partial charge in [0.05, 0.1) is 18.3 Å². The molecule has 0 heterocycles. The van der Waals surface area contributed by atoms with Crippen LogP contribution >= 0.6 is 0 Å². The van der Waals surface area contributed by atoms with E-state index in [2.05, 4.69) is 0 Å². The van der Waals surface area contributed by atoms with Crippen LogP contribution in [0.15, 0.2) is 23.8 Å². The average Bonchev–Trinajstić information content (AvgIpc) is 3.01. The number of allylic oxidation sites excluding steroid dienone is 4. The van der Waals surface area contributed by atoms with Crippen molar-refractivity contribution in [1.82, 2.24) is 0 Å². The van der Waals surface area contributed by atoms with Crippen molar-refractivity contribution in [2.75, 3.05) is 12.4 Å². The number of aliphatic hydroxyl groups is 1. The van der Waals surface area contributed by atoms with Crippen molar-refractivity contribution in [3.05, 3.63) is 23.8 Å². The number of ether oxygens (including phenoxy) is 1. The van der Waals surface area contributed by atoms with Gasteiger partial charge < -0.3 is 9.84 Å². The number of esters is 1. The molecule has 3 unspecified atom stereocenters. The Morgan fingerprint density at radius 1 is 1.25 bits per heavy atom. The van der Waals surface area contributed by atoms with E-state index in [1.165, 1.54) is 12.2 Å². The Bertz CT molecular complexity index is 1100. The van der Waals surface area contributed by atoms with Crippen LogP contribution in [-0.4, -0.2) is 112 Å². The van der Waals surface area contributed by atoms with Crippen LogP contribution in [0.2, 0.25) is 0 Å². The molecule has 4 aliphatic rings. The van der Waals surface area contributed by atoms with E-state index in [-0.39, 0.29) is 93.0 Å². The second-order valence-electron chi connectivity index (χ2n) is 11.2. The zero-order chi connectivity index (χ0) is 25.9. The minimum atomic E-state index is -4.32. The number of hydrogen-bond donors (Lipinski definition) is 2. The van der Waals surface area contributed by atoms with Crippen LogP contribution in [0.25, 0.3) is 0 Å². The molecule has 36 heavy (non-hydrogen) atoms. The number of rotatable bonds is 6. The van der Waals surface area contributed by atoms with Crippen LogP contribution in [0.4, 0.5) is 4.39 Å². The molecule has 0 aromatic carbocycles. The summed E-state index contributed by atoms with van der Waals surface area (Å²) in [4.78, 5) is 37.0. The summed E-state index contributed by atoms with van der Waals surface area (Å²) in [7, 11) is -4.32. The van der Waals surface area contributed by atoms with Crippen LogP contribution in [-0.2, 0) is 29.2 Å². The quantitative estimate of drug-likeness (QED) is 0.289. The monoisotopic (exact) mass is 552 g/mol. The van der Waals surface area contributed by atoms with E-state index in [0.717, 1.165) is 0 Å². The minimum absolute atomic E-state index is 0. The average molecular weight is 553 g/mol. The first-order chi connectivity index (χ1) is 16.2. The third-order valence-electron chi connectivity index (χ3n) is 9.10. The Morgan fingerprint density at radius 2 is 1.92 bits per heavy atom. The van der Waals surface area contributed by atoms with E-state index in [1.54, 1.807) is 6.08 Å². The van der Waals surface area contributed by atoms with Gasteiger partial charge in [0.15, 0.2) is 11.6 Å². The van der Waals surface area contributed by atoms with Crippen LogP contribution in [0.3, 0.4) is 0 Å². The number of ketones is 2. The van der Waals surface area contributed by atoms with E-state index in [9.17, 15) is 27.9 Å². The molecule has 4 rings (SSSR count). The molecule has 9 atom stereocenters. The molecular formula is C25H34FKO8S. The maximum atomic E-state index is 15.4. The standard InChI is InChI=1S/C25H33FO8S.K.H/c1-13-8-16-15-10-18(26)17-9-14(27)4-6-24(17,2)23(15)19(28)11-25(16,3)22(13)20(29)12-34-21(30)5-7-35(31,32)33;;/h4,6,9,13,15-16,18-19,22-23,28H,5,7-8,10-12H2,1-3H3,(H,31,32,33);;/t13?,15-,16-,18?,19?,22+,23+,24-,25-;;/m0../s1. The van der Waals surface area contributed by atoms with Crippen molar-refractivity contribution >= 4 is 79.0 Å². The zero-order valence-electron chi connectivity index (χ0n) is 20.1.